The zero-order chi connectivity index (χ0) is 14.6. The Hall–Kier alpha value is -1.52. The van der Waals surface area contributed by atoms with E-state index in [0.29, 0.717) is 18.8 Å². The molecule has 1 aliphatic carbocycles. The number of carbonyl (C=O) groups excluding carboxylic acids is 2. The molecule has 0 aromatic rings. The second kappa shape index (κ2) is 6.08. The molecule has 0 aromatic carbocycles. The quantitative estimate of drug-likeness (QED) is 0.792. The van der Waals surface area contributed by atoms with Crippen LogP contribution in [-0.2, 0) is 9.53 Å². The van der Waals surface area contributed by atoms with Crippen molar-refractivity contribution in [2.75, 3.05) is 14.1 Å². The van der Waals surface area contributed by atoms with Crippen LogP contribution in [0.4, 0.5) is 4.79 Å². The summed E-state index contributed by atoms with van der Waals surface area (Å²) in [6.45, 7) is 3.70. The number of ketones is 1. The van der Waals surface area contributed by atoms with Gasteiger partial charge in [-0.1, -0.05) is 0 Å². The van der Waals surface area contributed by atoms with Crippen molar-refractivity contribution in [3.63, 3.8) is 0 Å². The molecule has 0 bridgehead atoms. The van der Waals surface area contributed by atoms with Crippen LogP contribution in [0, 0.1) is 5.92 Å². The Morgan fingerprint density at radius 3 is 2.68 bits per heavy atom. The molecule has 0 spiro atoms. The Bertz CT molecular complexity index is 386. The Morgan fingerprint density at radius 2 is 2.16 bits per heavy atom. The van der Waals surface area contributed by atoms with Crippen molar-refractivity contribution in [2.24, 2.45) is 11.7 Å². The van der Waals surface area contributed by atoms with E-state index in [4.69, 9.17) is 10.5 Å². The van der Waals surface area contributed by atoms with Crippen LogP contribution in [0.5, 0.6) is 0 Å². The van der Waals surface area contributed by atoms with Crippen LogP contribution in [0.3, 0.4) is 0 Å². The van der Waals surface area contributed by atoms with E-state index in [-0.39, 0.29) is 5.78 Å². The minimum atomic E-state index is -0.749. The fourth-order valence-electron chi connectivity index (χ4n) is 2.64. The molecule has 2 N–H and O–H groups in total. The van der Waals surface area contributed by atoms with Crippen LogP contribution in [0.25, 0.3) is 0 Å². The molecular weight excluding hydrogens is 244 g/mol. The summed E-state index contributed by atoms with van der Waals surface area (Å²) < 4.78 is 5.11. The maximum atomic E-state index is 11.8. The molecule has 1 atom stereocenters. The van der Waals surface area contributed by atoms with Crippen molar-refractivity contribution in [1.29, 1.82) is 0 Å². The number of ether oxygens (including phenoxy) is 1. The first-order chi connectivity index (χ1) is 8.69. The van der Waals surface area contributed by atoms with Gasteiger partial charge in [-0.05, 0) is 39.0 Å². The fourth-order valence-corrected chi connectivity index (χ4v) is 2.64. The lowest BCUT2D eigenvalue weighted by Gasteiger charge is -2.31. The minimum absolute atomic E-state index is 0.221. The van der Waals surface area contributed by atoms with Crippen molar-refractivity contribution in [3.05, 3.63) is 11.8 Å². The van der Waals surface area contributed by atoms with Crippen molar-refractivity contribution in [3.8, 4) is 0 Å². The SMILES string of the molecule is CN(C)C=C1CC(CC(C)(C)OC(N)=O)CCC1=O. The first-order valence-electron chi connectivity index (χ1n) is 6.58. The highest BCUT2D eigenvalue weighted by Gasteiger charge is 2.31. The molecule has 5 nitrogen and oxygen atoms in total. The topological polar surface area (TPSA) is 72.6 Å². The first kappa shape index (κ1) is 15.5. The standard InChI is InChI=1S/C14H24N2O3/c1-14(2,19-13(15)18)8-10-5-6-12(17)11(7-10)9-16(3)4/h9-10H,5-8H2,1-4H3,(H2,15,18). The Balaban J connectivity index is 2.66. The van der Waals surface area contributed by atoms with Crippen LogP contribution in [0.1, 0.15) is 39.5 Å². The number of nitrogens with zero attached hydrogens (tertiary/aromatic N) is 1. The molecule has 1 unspecified atom stereocenters. The average molecular weight is 268 g/mol. The monoisotopic (exact) mass is 268 g/mol. The third-order valence-corrected chi connectivity index (χ3v) is 3.22. The third kappa shape index (κ3) is 5.32. The summed E-state index contributed by atoms with van der Waals surface area (Å²) in [5.41, 5.74) is 5.34. The number of hydrogen-bond donors (Lipinski definition) is 1. The summed E-state index contributed by atoms with van der Waals surface area (Å²) in [6.07, 6.45) is 4.00. The van der Waals surface area contributed by atoms with Crippen LogP contribution in [-0.4, -0.2) is 36.5 Å². The molecule has 0 heterocycles. The van der Waals surface area contributed by atoms with E-state index in [0.717, 1.165) is 18.4 Å². The van der Waals surface area contributed by atoms with E-state index in [1.165, 1.54) is 0 Å². The van der Waals surface area contributed by atoms with Gasteiger partial charge in [0.05, 0.1) is 0 Å². The molecule has 5 heteroatoms. The number of allylic oxidation sites excluding steroid dienone is 1. The lowest BCUT2D eigenvalue weighted by atomic mass is 9.79. The van der Waals surface area contributed by atoms with Gasteiger partial charge < -0.3 is 15.4 Å². The molecular formula is C14H24N2O3. The second-order valence-corrected chi connectivity index (χ2v) is 6.03. The predicted molar refractivity (Wildman–Crippen MR) is 73.5 cm³/mol. The van der Waals surface area contributed by atoms with E-state index in [1.54, 1.807) is 0 Å². The number of amides is 1. The first-order valence-corrected chi connectivity index (χ1v) is 6.58. The number of hydrogen-bond acceptors (Lipinski definition) is 4. The number of Topliss-reactive ketones (excluding diaryl/α,β-unsaturated/α-hetero) is 1. The Morgan fingerprint density at radius 1 is 1.53 bits per heavy atom. The van der Waals surface area contributed by atoms with Gasteiger partial charge in [-0.15, -0.1) is 0 Å². The van der Waals surface area contributed by atoms with E-state index in [9.17, 15) is 9.59 Å². The molecule has 1 saturated carbocycles. The van der Waals surface area contributed by atoms with E-state index in [2.05, 4.69) is 0 Å². The number of carbonyl (C=O) groups is 2. The van der Waals surface area contributed by atoms with Gasteiger partial charge in [0.25, 0.3) is 0 Å². The molecule has 1 amide bonds. The number of rotatable bonds is 4. The largest absolute Gasteiger partial charge is 0.444 e. The lowest BCUT2D eigenvalue weighted by molar-refractivity contribution is -0.117. The molecule has 0 saturated heterocycles. The van der Waals surface area contributed by atoms with Gasteiger partial charge in [-0.2, -0.15) is 0 Å². The zero-order valence-corrected chi connectivity index (χ0v) is 12.2. The van der Waals surface area contributed by atoms with Gasteiger partial charge in [0.1, 0.15) is 5.60 Å². The normalized spacial score (nSPS) is 22.4. The number of nitrogens with two attached hydrogens (primary N) is 1. The highest BCUT2D eigenvalue weighted by atomic mass is 16.6. The highest BCUT2D eigenvalue weighted by Crippen LogP contribution is 2.33. The maximum absolute atomic E-state index is 11.8. The molecule has 1 aliphatic rings. The van der Waals surface area contributed by atoms with Crippen LogP contribution in [0.2, 0.25) is 0 Å². The lowest BCUT2D eigenvalue weighted by Crippen LogP contribution is -2.34. The summed E-state index contributed by atoms with van der Waals surface area (Å²) in [5.74, 6) is 0.567. The molecule has 0 radical (unpaired) electrons. The Kier molecular flexibility index (Phi) is 4.97. The van der Waals surface area contributed by atoms with Gasteiger partial charge in [-0.3, -0.25) is 4.79 Å². The maximum Gasteiger partial charge on any atom is 0.405 e. The smallest absolute Gasteiger partial charge is 0.405 e. The zero-order valence-electron chi connectivity index (χ0n) is 12.2. The summed E-state index contributed by atoms with van der Waals surface area (Å²) in [4.78, 5) is 24.6. The van der Waals surface area contributed by atoms with Gasteiger partial charge in [0, 0.05) is 32.3 Å². The van der Waals surface area contributed by atoms with Gasteiger partial charge in [0.2, 0.25) is 0 Å². The van der Waals surface area contributed by atoms with Gasteiger partial charge >= 0.3 is 6.09 Å². The highest BCUT2D eigenvalue weighted by molar-refractivity contribution is 5.95. The van der Waals surface area contributed by atoms with E-state index >= 15 is 0 Å². The molecule has 19 heavy (non-hydrogen) atoms. The van der Waals surface area contributed by atoms with E-state index in [1.807, 2.05) is 39.0 Å². The summed E-state index contributed by atoms with van der Waals surface area (Å²) >= 11 is 0. The molecule has 0 aromatic heterocycles. The number of primary amides is 1. The van der Waals surface area contributed by atoms with Crippen LogP contribution < -0.4 is 5.73 Å². The van der Waals surface area contributed by atoms with Crippen molar-refractivity contribution in [2.45, 2.75) is 45.1 Å². The molecule has 1 rings (SSSR count). The summed E-state index contributed by atoms with van der Waals surface area (Å²) in [7, 11) is 3.81. The summed E-state index contributed by atoms with van der Waals surface area (Å²) in [6, 6.07) is 0. The molecule has 108 valence electrons. The predicted octanol–water partition coefficient (Wildman–Crippen LogP) is 2.07. The van der Waals surface area contributed by atoms with Gasteiger partial charge in [-0.25, -0.2) is 4.79 Å². The fraction of sp³-hybridized carbons (Fsp3) is 0.714. The van der Waals surface area contributed by atoms with Crippen LogP contribution in [0.15, 0.2) is 11.8 Å². The van der Waals surface area contributed by atoms with Crippen molar-refractivity contribution >= 4 is 11.9 Å². The second-order valence-electron chi connectivity index (χ2n) is 6.03. The van der Waals surface area contributed by atoms with Crippen molar-refractivity contribution in [1.82, 2.24) is 4.90 Å². The Labute approximate surface area is 114 Å². The van der Waals surface area contributed by atoms with Crippen LogP contribution >= 0.6 is 0 Å². The van der Waals surface area contributed by atoms with Crippen molar-refractivity contribution < 1.29 is 14.3 Å². The molecule has 1 fully saturated rings. The van der Waals surface area contributed by atoms with Gasteiger partial charge in [0.15, 0.2) is 5.78 Å². The van der Waals surface area contributed by atoms with E-state index < -0.39 is 11.7 Å². The molecule has 0 aliphatic heterocycles. The third-order valence-electron chi connectivity index (χ3n) is 3.22. The average Bonchev–Trinajstić information content (AvgIpc) is 2.19. The summed E-state index contributed by atoms with van der Waals surface area (Å²) in [5, 5.41) is 0. The minimum Gasteiger partial charge on any atom is -0.444 e.